The Morgan fingerprint density at radius 3 is 2.62 bits per heavy atom. The number of nitrogens with one attached hydrogen (secondary N) is 2. The highest BCUT2D eigenvalue weighted by Gasteiger charge is 2.00. The molecular formula is C8H8N2O3. The average molecular weight is 180 g/mol. The van der Waals surface area contributed by atoms with Crippen molar-refractivity contribution in [1.29, 1.82) is 5.41 Å². The maximum absolute atomic E-state index is 10.8. The van der Waals surface area contributed by atoms with E-state index in [9.17, 15) is 4.79 Å². The number of rotatable bonds is 2. The van der Waals surface area contributed by atoms with Crippen LogP contribution in [0, 0.1) is 5.41 Å². The lowest BCUT2D eigenvalue weighted by Gasteiger charge is -2.01. The van der Waals surface area contributed by atoms with Crippen LogP contribution in [0.2, 0.25) is 0 Å². The zero-order chi connectivity index (χ0) is 9.68. The molecule has 0 bridgehead atoms. The third kappa shape index (κ3) is 2.82. The minimum atomic E-state index is -0.735. The number of benzene rings is 1. The molecule has 1 rings (SSSR count). The summed E-state index contributed by atoms with van der Waals surface area (Å²) in [6.45, 7) is 0. The predicted octanol–water partition coefficient (Wildman–Crippen LogP) is 1.09. The summed E-state index contributed by atoms with van der Waals surface area (Å²) in [4.78, 5) is 10.8. The van der Waals surface area contributed by atoms with E-state index in [0.717, 1.165) is 6.34 Å². The van der Waals surface area contributed by atoms with Crippen molar-refractivity contribution in [3.63, 3.8) is 0 Å². The zero-order valence-electron chi connectivity index (χ0n) is 6.65. The second-order valence-electron chi connectivity index (χ2n) is 2.17. The molecule has 1 aromatic carbocycles. The summed E-state index contributed by atoms with van der Waals surface area (Å²) in [6, 6.07) is 5.68. The van der Waals surface area contributed by atoms with Crippen LogP contribution in [0.25, 0.3) is 0 Å². The van der Waals surface area contributed by atoms with E-state index in [4.69, 9.17) is 15.3 Å². The molecule has 0 saturated carbocycles. The summed E-state index contributed by atoms with van der Waals surface area (Å²) in [5.74, 6) is 0.400. The highest BCUT2D eigenvalue weighted by molar-refractivity contribution is 5.82. The van der Waals surface area contributed by atoms with Crippen LogP contribution >= 0.6 is 0 Å². The zero-order valence-corrected chi connectivity index (χ0v) is 6.65. The third-order valence-electron chi connectivity index (χ3n) is 1.24. The molecule has 0 unspecified atom stereocenters. The quantitative estimate of drug-likeness (QED) is 0.470. The standard InChI is InChI=1S/C8H8N2O3/c9-5-10-8(12)13-7-3-1-6(11)2-4-7/h1-5,11H,(H2,9,10,12). The van der Waals surface area contributed by atoms with Gasteiger partial charge in [-0.1, -0.05) is 0 Å². The molecule has 13 heavy (non-hydrogen) atoms. The SMILES string of the molecule is N=CNC(=O)Oc1ccc(O)cc1. The van der Waals surface area contributed by atoms with Gasteiger partial charge in [0.15, 0.2) is 0 Å². The predicted molar refractivity (Wildman–Crippen MR) is 46.1 cm³/mol. The van der Waals surface area contributed by atoms with E-state index in [0.29, 0.717) is 5.75 Å². The number of ether oxygens (including phenoxy) is 1. The molecule has 1 aromatic rings. The first-order valence-electron chi connectivity index (χ1n) is 3.48. The van der Waals surface area contributed by atoms with E-state index in [1.54, 1.807) is 0 Å². The Kier molecular flexibility index (Phi) is 2.86. The van der Waals surface area contributed by atoms with Gasteiger partial charge in [0.05, 0.1) is 6.34 Å². The Morgan fingerprint density at radius 1 is 1.46 bits per heavy atom. The fourth-order valence-corrected chi connectivity index (χ4v) is 0.710. The molecular weight excluding hydrogens is 172 g/mol. The van der Waals surface area contributed by atoms with Crippen molar-refractivity contribution in [3.05, 3.63) is 24.3 Å². The van der Waals surface area contributed by atoms with Crippen LogP contribution in [0.3, 0.4) is 0 Å². The van der Waals surface area contributed by atoms with Crippen molar-refractivity contribution in [3.8, 4) is 11.5 Å². The molecule has 0 aliphatic carbocycles. The van der Waals surface area contributed by atoms with Crippen molar-refractivity contribution in [1.82, 2.24) is 5.32 Å². The summed E-state index contributed by atoms with van der Waals surface area (Å²) < 4.78 is 4.70. The average Bonchev–Trinajstić information content (AvgIpc) is 2.09. The van der Waals surface area contributed by atoms with Gasteiger partial charge in [0.2, 0.25) is 0 Å². The monoisotopic (exact) mass is 180 g/mol. The molecule has 0 atom stereocenters. The molecule has 0 aromatic heterocycles. The molecule has 68 valence electrons. The highest BCUT2D eigenvalue weighted by atomic mass is 16.6. The van der Waals surface area contributed by atoms with Crippen LogP contribution < -0.4 is 10.1 Å². The number of phenolic OH excluding ortho intramolecular Hbond substituents is 1. The number of aromatic hydroxyl groups is 1. The highest BCUT2D eigenvalue weighted by Crippen LogP contribution is 2.15. The number of hydrogen-bond donors (Lipinski definition) is 3. The van der Waals surface area contributed by atoms with Crippen molar-refractivity contribution in [2.45, 2.75) is 0 Å². The summed E-state index contributed by atoms with van der Waals surface area (Å²) in [5, 5.41) is 17.5. The minimum Gasteiger partial charge on any atom is -0.508 e. The number of hydrogen-bond acceptors (Lipinski definition) is 4. The van der Waals surface area contributed by atoms with Crippen LogP contribution in [0.4, 0.5) is 4.79 Å². The van der Waals surface area contributed by atoms with Crippen molar-refractivity contribution >= 4 is 12.4 Å². The Balaban J connectivity index is 2.59. The number of carbonyl (C=O) groups is 1. The number of carbonyl (C=O) groups excluding carboxylic acids is 1. The fraction of sp³-hybridized carbons (Fsp3) is 0. The van der Waals surface area contributed by atoms with Crippen LogP contribution in [-0.4, -0.2) is 17.5 Å². The lowest BCUT2D eigenvalue weighted by molar-refractivity contribution is 0.206. The van der Waals surface area contributed by atoms with Gasteiger partial charge in [-0.05, 0) is 24.3 Å². The van der Waals surface area contributed by atoms with E-state index in [1.807, 2.05) is 5.32 Å². The Bertz CT molecular complexity index is 308. The first-order valence-corrected chi connectivity index (χ1v) is 3.48. The maximum atomic E-state index is 10.8. The van der Waals surface area contributed by atoms with Crippen molar-refractivity contribution in [2.24, 2.45) is 0 Å². The van der Waals surface area contributed by atoms with E-state index < -0.39 is 6.09 Å². The van der Waals surface area contributed by atoms with Gasteiger partial charge >= 0.3 is 6.09 Å². The van der Waals surface area contributed by atoms with E-state index in [2.05, 4.69) is 0 Å². The van der Waals surface area contributed by atoms with Gasteiger partial charge in [-0.15, -0.1) is 0 Å². The Hall–Kier alpha value is -2.04. The molecule has 0 aliphatic rings. The fourth-order valence-electron chi connectivity index (χ4n) is 0.710. The summed E-state index contributed by atoms with van der Waals surface area (Å²) >= 11 is 0. The van der Waals surface area contributed by atoms with Crippen molar-refractivity contribution < 1.29 is 14.6 Å². The maximum Gasteiger partial charge on any atom is 0.417 e. The largest absolute Gasteiger partial charge is 0.508 e. The summed E-state index contributed by atoms with van der Waals surface area (Å²) in [6.07, 6.45) is -0.0105. The molecule has 0 saturated heterocycles. The van der Waals surface area contributed by atoms with Crippen molar-refractivity contribution in [2.75, 3.05) is 0 Å². The molecule has 0 heterocycles. The van der Waals surface area contributed by atoms with Gasteiger partial charge in [0, 0.05) is 0 Å². The molecule has 5 nitrogen and oxygen atoms in total. The molecule has 0 fully saturated rings. The molecule has 0 radical (unpaired) electrons. The molecule has 0 aliphatic heterocycles. The second kappa shape index (κ2) is 4.10. The van der Waals surface area contributed by atoms with Crippen LogP contribution in [-0.2, 0) is 0 Å². The smallest absolute Gasteiger partial charge is 0.417 e. The van der Waals surface area contributed by atoms with Gasteiger partial charge in [0.1, 0.15) is 11.5 Å². The Labute approximate surface area is 74.5 Å². The van der Waals surface area contributed by atoms with E-state index >= 15 is 0 Å². The third-order valence-corrected chi connectivity index (χ3v) is 1.24. The normalized spacial score (nSPS) is 8.92. The summed E-state index contributed by atoms with van der Waals surface area (Å²) in [5.41, 5.74) is 0. The van der Waals surface area contributed by atoms with Gasteiger partial charge in [-0.3, -0.25) is 10.7 Å². The molecule has 3 N–H and O–H groups in total. The number of phenols is 1. The summed E-state index contributed by atoms with van der Waals surface area (Å²) in [7, 11) is 0. The lowest BCUT2D eigenvalue weighted by atomic mass is 10.3. The lowest BCUT2D eigenvalue weighted by Crippen LogP contribution is -2.24. The van der Waals surface area contributed by atoms with Gasteiger partial charge < -0.3 is 9.84 Å². The van der Waals surface area contributed by atoms with Gasteiger partial charge in [0.25, 0.3) is 0 Å². The minimum absolute atomic E-state index is 0.0970. The Morgan fingerprint density at radius 2 is 2.08 bits per heavy atom. The molecule has 5 heteroatoms. The first-order chi connectivity index (χ1) is 6.22. The van der Waals surface area contributed by atoms with E-state index in [1.165, 1.54) is 24.3 Å². The molecule has 0 spiro atoms. The van der Waals surface area contributed by atoms with Crippen LogP contribution in [0.5, 0.6) is 11.5 Å². The van der Waals surface area contributed by atoms with Gasteiger partial charge in [-0.25, -0.2) is 4.79 Å². The van der Waals surface area contributed by atoms with Crippen LogP contribution in [0.15, 0.2) is 24.3 Å². The van der Waals surface area contributed by atoms with Crippen LogP contribution in [0.1, 0.15) is 0 Å². The number of amides is 1. The second-order valence-corrected chi connectivity index (χ2v) is 2.17. The van der Waals surface area contributed by atoms with Gasteiger partial charge in [-0.2, -0.15) is 0 Å². The van der Waals surface area contributed by atoms with E-state index in [-0.39, 0.29) is 5.75 Å². The molecule has 1 amide bonds. The topological polar surface area (TPSA) is 82.4 Å². The first kappa shape index (κ1) is 9.05.